The lowest BCUT2D eigenvalue weighted by Crippen LogP contribution is -2.13. The standard InChI is InChI=1S/C15H15ClN4/c1-11-6-17-5-4-12(11)7-18-8-14-10-20-9-13(16)2-3-15(20)19-14/h2-6,9-10,18H,7-8H2,1H3. The molecule has 5 heteroatoms. The van der Waals surface area contributed by atoms with Gasteiger partial charge in [-0.15, -0.1) is 0 Å². The number of aromatic nitrogens is 3. The van der Waals surface area contributed by atoms with Gasteiger partial charge in [-0.05, 0) is 36.2 Å². The lowest BCUT2D eigenvalue weighted by Gasteiger charge is -2.05. The molecule has 0 saturated heterocycles. The zero-order valence-corrected chi connectivity index (χ0v) is 11.9. The molecule has 4 nitrogen and oxygen atoms in total. The second kappa shape index (κ2) is 5.61. The van der Waals surface area contributed by atoms with Crippen molar-refractivity contribution in [2.45, 2.75) is 20.0 Å². The van der Waals surface area contributed by atoms with Crippen LogP contribution in [0.1, 0.15) is 16.8 Å². The van der Waals surface area contributed by atoms with Crippen molar-refractivity contribution in [1.82, 2.24) is 19.7 Å². The number of halogens is 1. The highest BCUT2D eigenvalue weighted by Gasteiger charge is 2.02. The van der Waals surface area contributed by atoms with Gasteiger partial charge in [0.1, 0.15) is 5.65 Å². The summed E-state index contributed by atoms with van der Waals surface area (Å²) < 4.78 is 1.94. The van der Waals surface area contributed by atoms with Gasteiger partial charge in [-0.2, -0.15) is 0 Å². The molecule has 0 radical (unpaired) electrons. The maximum Gasteiger partial charge on any atom is 0.137 e. The molecule has 0 fully saturated rings. The third kappa shape index (κ3) is 2.81. The van der Waals surface area contributed by atoms with Crippen molar-refractivity contribution in [1.29, 1.82) is 0 Å². The van der Waals surface area contributed by atoms with Crippen molar-refractivity contribution in [3.8, 4) is 0 Å². The van der Waals surface area contributed by atoms with Gasteiger partial charge in [0.2, 0.25) is 0 Å². The average molecular weight is 287 g/mol. The fourth-order valence-electron chi connectivity index (χ4n) is 2.13. The van der Waals surface area contributed by atoms with E-state index >= 15 is 0 Å². The number of rotatable bonds is 4. The summed E-state index contributed by atoms with van der Waals surface area (Å²) in [5, 5.41) is 4.11. The molecular weight excluding hydrogens is 272 g/mol. The molecular formula is C15H15ClN4. The Kier molecular flexibility index (Phi) is 3.67. The van der Waals surface area contributed by atoms with Crippen molar-refractivity contribution in [3.63, 3.8) is 0 Å². The minimum atomic E-state index is 0.710. The first-order chi connectivity index (χ1) is 9.72. The topological polar surface area (TPSA) is 42.2 Å². The number of fused-ring (bicyclic) bond motifs is 1. The third-order valence-electron chi connectivity index (χ3n) is 3.22. The molecule has 0 bridgehead atoms. The van der Waals surface area contributed by atoms with Crippen molar-refractivity contribution >= 4 is 17.2 Å². The molecule has 3 aromatic heterocycles. The van der Waals surface area contributed by atoms with Crippen molar-refractivity contribution in [2.24, 2.45) is 0 Å². The SMILES string of the molecule is Cc1cnccc1CNCc1cn2cc(Cl)ccc2n1. The number of nitrogens with zero attached hydrogens (tertiary/aromatic N) is 3. The van der Waals surface area contributed by atoms with Gasteiger partial charge in [0.15, 0.2) is 0 Å². The lowest BCUT2D eigenvalue weighted by molar-refractivity contribution is 0.679. The third-order valence-corrected chi connectivity index (χ3v) is 3.45. The Morgan fingerprint density at radius 2 is 2.10 bits per heavy atom. The summed E-state index contributed by atoms with van der Waals surface area (Å²) >= 11 is 5.96. The van der Waals surface area contributed by atoms with E-state index in [1.165, 1.54) is 11.1 Å². The molecule has 3 aromatic rings. The van der Waals surface area contributed by atoms with Crippen LogP contribution in [0, 0.1) is 6.92 Å². The molecule has 0 saturated carbocycles. The maximum atomic E-state index is 5.96. The number of aryl methyl sites for hydroxylation is 1. The van der Waals surface area contributed by atoms with Crippen LogP contribution in [0.15, 0.2) is 43.0 Å². The zero-order valence-electron chi connectivity index (χ0n) is 11.2. The van der Waals surface area contributed by atoms with Gasteiger partial charge in [0.05, 0.1) is 10.7 Å². The summed E-state index contributed by atoms with van der Waals surface area (Å²) in [7, 11) is 0. The fraction of sp³-hybridized carbons (Fsp3) is 0.200. The van der Waals surface area contributed by atoms with Crippen molar-refractivity contribution < 1.29 is 0 Å². The van der Waals surface area contributed by atoms with E-state index in [9.17, 15) is 0 Å². The summed E-state index contributed by atoms with van der Waals surface area (Å²) in [5.41, 5.74) is 4.36. The number of nitrogens with one attached hydrogen (secondary N) is 1. The van der Waals surface area contributed by atoms with Gasteiger partial charge >= 0.3 is 0 Å². The predicted molar refractivity (Wildman–Crippen MR) is 79.7 cm³/mol. The molecule has 1 N–H and O–H groups in total. The summed E-state index contributed by atoms with van der Waals surface area (Å²) in [6.07, 6.45) is 7.55. The number of pyridine rings is 2. The molecule has 0 spiro atoms. The fourth-order valence-corrected chi connectivity index (χ4v) is 2.30. The normalized spacial score (nSPS) is 11.1. The predicted octanol–water partition coefficient (Wildman–Crippen LogP) is 2.98. The lowest BCUT2D eigenvalue weighted by atomic mass is 10.1. The van der Waals surface area contributed by atoms with E-state index in [-0.39, 0.29) is 0 Å². The van der Waals surface area contributed by atoms with Crippen LogP contribution in [0.5, 0.6) is 0 Å². The van der Waals surface area contributed by atoms with Crippen LogP contribution in [0.3, 0.4) is 0 Å². The molecule has 0 amide bonds. The first-order valence-electron chi connectivity index (χ1n) is 6.46. The smallest absolute Gasteiger partial charge is 0.137 e. The molecule has 0 aliphatic carbocycles. The second-order valence-corrected chi connectivity index (χ2v) is 5.19. The van der Waals surface area contributed by atoms with Gasteiger partial charge < -0.3 is 9.72 Å². The quantitative estimate of drug-likeness (QED) is 0.802. The van der Waals surface area contributed by atoms with Crippen LogP contribution in [0.4, 0.5) is 0 Å². The van der Waals surface area contributed by atoms with E-state index in [1.807, 2.05) is 47.4 Å². The molecule has 0 aliphatic rings. The Morgan fingerprint density at radius 3 is 2.95 bits per heavy atom. The van der Waals surface area contributed by atoms with Crippen LogP contribution >= 0.6 is 11.6 Å². The molecule has 0 aliphatic heterocycles. The van der Waals surface area contributed by atoms with Crippen molar-refractivity contribution in [2.75, 3.05) is 0 Å². The highest BCUT2D eigenvalue weighted by molar-refractivity contribution is 6.30. The highest BCUT2D eigenvalue weighted by atomic mass is 35.5. The van der Waals surface area contributed by atoms with Crippen LogP contribution in [0.2, 0.25) is 5.02 Å². The van der Waals surface area contributed by atoms with Crippen molar-refractivity contribution in [3.05, 3.63) is 64.8 Å². The summed E-state index contributed by atoms with van der Waals surface area (Å²) in [5.74, 6) is 0. The van der Waals surface area contributed by atoms with Gasteiger partial charge in [-0.25, -0.2) is 4.98 Å². The molecule has 0 unspecified atom stereocenters. The Hall–Kier alpha value is -1.91. The number of hydrogen-bond donors (Lipinski definition) is 1. The van der Waals surface area contributed by atoms with Gasteiger partial charge in [-0.1, -0.05) is 11.6 Å². The monoisotopic (exact) mass is 286 g/mol. The largest absolute Gasteiger partial charge is 0.307 e. The van der Waals surface area contributed by atoms with E-state index in [0.717, 1.165) is 24.4 Å². The van der Waals surface area contributed by atoms with Gasteiger partial charge in [0.25, 0.3) is 0 Å². The maximum absolute atomic E-state index is 5.96. The summed E-state index contributed by atoms with van der Waals surface area (Å²) in [6, 6.07) is 5.80. The van der Waals surface area contributed by atoms with Crippen LogP contribution in [0.25, 0.3) is 5.65 Å². The zero-order chi connectivity index (χ0) is 13.9. The highest BCUT2D eigenvalue weighted by Crippen LogP contribution is 2.12. The van der Waals surface area contributed by atoms with E-state index in [0.29, 0.717) is 5.02 Å². The number of imidazole rings is 1. The van der Waals surface area contributed by atoms with Gasteiger partial charge in [0, 0.05) is 37.9 Å². The molecule has 3 heterocycles. The molecule has 102 valence electrons. The Labute approximate surface area is 122 Å². The first kappa shape index (κ1) is 13.1. The average Bonchev–Trinajstić information content (AvgIpc) is 2.83. The molecule has 0 atom stereocenters. The van der Waals surface area contributed by atoms with Crippen LogP contribution in [-0.2, 0) is 13.1 Å². The second-order valence-electron chi connectivity index (χ2n) is 4.75. The minimum Gasteiger partial charge on any atom is -0.307 e. The van der Waals surface area contributed by atoms with Gasteiger partial charge in [-0.3, -0.25) is 4.98 Å². The molecule has 0 aromatic carbocycles. The van der Waals surface area contributed by atoms with E-state index in [1.54, 1.807) is 0 Å². The van der Waals surface area contributed by atoms with Crippen LogP contribution < -0.4 is 5.32 Å². The first-order valence-corrected chi connectivity index (χ1v) is 6.83. The summed E-state index contributed by atoms with van der Waals surface area (Å²) in [4.78, 5) is 8.63. The molecule has 3 rings (SSSR count). The Morgan fingerprint density at radius 1 is 1.20 bits per heavy atom. The van der Waals surface area contributed by atoms with Crippen LogP contribution in [-0.4, -0.2) is 14.4 Å². The molecule has 20 heavy (non-hydrogen) atoms. The minimum absolute atomic E-state index is 0.710. The number of hydrogen-bond acceptors (Lipinski definition) is 3. The van der Waals surface area contributed by atoms with E-state index in [4.69, 9.17) is 11.6 Å². The summed E-state index contributed by atoms with van der Waals surface area (Å²) in [6.45, 7) is 3.60. The van der Waals surface area contributed by atoms with E-state index in [2.05, 4.69) is 22.2 Å². The Balaban J connectivity index is 1.67. The Bertz CT molecular complexity index is 736. The van der Waals surface area contributed by atoms with E-state index < -0.39 is 0 Å².